The van der Waals surface area contributed by atoms with E-state index in [-0.39, 0.29) is 0 Å². The highest BCUT2D eigenvalue weighted by Gasteiger charge is 2.02. The van der Waals surface area contributed by atoms with Crippen molar-refractivity contribution in [1.82, 2.24) is 10.2 Å². The largest absolute Gasteiger partial charge is 0.278 e. The van der Waals surface area contributed by atoms with E-state index in [1.165, 1.54) is 10.4 Å². The standard InChI is InChI=1S/C8H8N2S/c1-6-7(3-5-11-6)8-2-4-9-10-8/h2-5H,1H3,(H,9,10). The number of nitrogens with zero attached hydrogens (tertiary/aromatic N) is 1. The molecule has 2 nitrogen and oxygen atoms in total. The molecule has 0 bridgehead atoms. The highest BCUT2D eigenvalue weighted by molar-refractivity contribution is 7.10. The fraction of sp³-hybridized carbons (Fsp3) is 0.125. The fourth-order valence-corrected chi connectivity index (χ4v) is 1.78. The molecule has 56 valence electrons. The molecule has 11 heavy (non-hydrogen) atoms. The maximum atomic E-state index is 3.90. The number of aryl methyl sites for hydroxylation is 1. The molecule has 0 radical (unpaired) electrons. The van der Waals surface area contributed by atoms with Gasteiger partial charge in [-0.3, -0.25) is 5.10 Å². The average Bonchev–Trinajstić information content (AvgIpc) is 2.55. The number of nitrogens with one attached hydrogen (secondary N) is 1. The maximum Gasteiger partial charge on any atom is 0.0661 e. The minimum absolute atomic E-state index is 1.10. The Morgan fingerprint density at radius 3 is 2.91 bits per heavy atom. The summed E-state index contributed by atoms with van der Waals surface area (Å²) in [5.41, 5.74) is 2.36. The molecule has 2 rings (SSSR count). The van der Waals surface area contributed by atoms with Gasteiger partial charge in [-0.25, -0.2) is 0 Å². The van der Waals surface area contributed by atoms with Crippen LogP contribution in [0.4, 0.5) is 0 Å². The lowest BCUT2D eigenvalue weighted by atomic mass is 10.2. The first-order valence-electron chi connectivity index (χ1n) is 3.42. The molecule has 0 amide bonds. The Bertz CT molecular complexity index is 335. The molecule has 0 saturated heterocycles. The average molecular weight is 164 g/mol. The first kappa shape index (κ1) is 6.61. The van der Waals surface area contributed by atoms with Gasteiger partial charge in [0.1, 0.15) is 0 Å². The number of aromatic nitrogens is 2. The van der Waals surface area contributed by atoms with Crippen LogP contribution in [-0.2, 0) is 0 Å². The topological polar surface area (TPSA) is 28.7 Å². The van der Waals surface area contributed by atoms with Crippen LogP contribution in [0.2, 0.25) is 0 Å². The Hall–Kier alpha value is -1.09. The zero-order valence-corrected chi connectivity index (χ0v) is 6.98. The normalized spacial score (nSPS) is 10.3. The van der Waals surface area contributed by atoms with Gasteiger partial charge in [-0.2, -0.15) is 5.10 Å². The van der Waals surface area contributed by atoms with Gasteiger partial charge in [0.05, 0.1) is 5.69 Å². The number of hydrogen-bond acceptors (Lipinski definition) is 2. The molecule has 0 aliphatic carbocycles. The van der Waals surface area contributed by atoms with E-state index in [1.807, 2.05) is 6.07 Å². The van der Waals surface area contributed by atoms with Crippen molar-refractivity contribution in [1.29, 1.82) is 0 Å². The summed E-state index contributed by atoms with van der Waals surface area (Å²) < 4.78 is 0. The molecule has 0 saturated carbocycles. The van der Waals surface area contributed by atoms with Crippen LogP contribution >= 0.6 is 11.3 Å². The third kappa shape index (κ3) is 1.07. The number of thiophene rings is 1. The first-order valence-corrected chi connectivity index (χ1v) is 4.30. The number of aromatic amines is 1. The second-order valence-electron chi connectivity index (χ2n) is 2.36. The summed E-state index contributed by atoms with van der Waals surface area (Å²) in [7, 11) is 0. The molecule has 0 atom stereocenters. The molecule has 0 aromatic carbocycles. The van der Waals surface area contributed by atoms with Crippen LogP contribution in [-0.4, -0.2) is 10.2 Å². The quantitative estimate of drug-likeness (QED) is 0.689. The molecular weight excluding hydrogens is 156 g/mol. The van der Waals surface area contributed by atoms with Gasteiger partial charge < -0.3 is 0 Å². The highest BCUT2D eigenvalue weighted by atomic mass is 32.1. The minimum atomic E-state index is 1.10. The van der Waals surface area contributed by atoms with Crippen molar-refractivity contribution in [2.75, 3.05) is 0 Å². The number of rotatable bonds is 1. The third-order valence-corrected chi connectivity index (χ3v) is 2.50. The molecule has 1 N–H and O–H groups in total. The third-order valence-electron chi connectivity index (χ3n) is 1.65. The first-order chi connectivity index (χ1) is 5.38. The van der Waals surface area contributed by atoms with E-state index >= 15 is 0 Å². The predicted octanol–water partition coefficient (Wildman–Crippen LogP) is 2.45. The van der Waals surface area contributed by atoms with Crippen molar-refractivity contribution < 1.29 is 0 Å². The maximum absolute atomic E-state index is 3.90. The Labute approximate surface area is 68.9 Å². The second-order valence-corrected chi connectivity index (χ2v) is 3.48. The number of H-pyrrole nitrogens is 1. The highest BCUT2D eigenvalue weighted by Crippen LogP contribution is 2.24. The Kier molecular flexibility index (Phi) is 1.51. The molecule has 2 aromatic rings. The van der Waals surface area contributed by atoms with E-state index in [0.717, 1.165) is 5.69 Å². The van der Waals surface area contributed by atoms with Crippen molar-refractivity contribution in [3.05, 3.63) is 28.6 Å². The van der Waals surface area contributed by atoms with Gasteiger partial charge in [0.25, 0.3) is 0 Å². The number of hydrogen-bond donors (Lipinski definition) is 1. The van der Waals surface area contributed by atoms with Gasteiger partial charge >= 0.3 is 0 Å². The van der Waals surface area contributed by atoms with Crippen LogP contribution in [0.3, 0.4) is 0 Å². The van der Waals surface area contributed by atoms with Crippen molar-refractivity contribution in [2.45, 2.75) is 6.92 Å². The summed E-state index contributed by atoms with van der Waals surface area (Å²) in [6.45, 7) is 2.11. The van der Waals surface area contributed by atoms with E-state index in [9.17, 15) is 0 Å². The zero-order valence-electron chi connectivity index (χ0n) is 6.16. The smallest absolute Gasteiger partial charge is 0.0661 e. The summed E-state index contributed by atoms with van der Waals surface area (Å²) in [5.74, 6) is 0. The van der Waals surface area contributed by atoms with E-state index in [2.05, 4.69) is 28.6 Å². The van der Waals surface area contributed by atoms with Crippen LogP contribution in [0, 0.1) is 6.92 Å². The summed E-state index contributed by atoms with van der Waals surface area (Å²) in [6, 6.07) is 4.09. The lowest BCUT2D eigenvalue weighted by Crippen LogP contribution is -1.75. The van der Waals surface area contributed by atoms with Crippen LogP contribution in [0.1, 0.15) is 4.88 Å². The van der Waals surface area contributed by atoms with Crippen LogP contribution in [0.25, 0.3) is 11.3 Å². The summed E-state index contributed by atoms with van der Waals surface area (Å²) in [6.07, 6.45) is 1.77. The molecule has 2 aromatic heterocycles. The SMILES string of the molecule is Cc1sccc1-c1ccn[nH]1. The van der Waals surface area contributed by atoms with E-state index < -0.39 is 0 Å². The molecule has 0 fully saturated rings. The van der Waals surface area contributed by atoms with E-state index in [4.69, 9.17) is 0 Å². The monoisotopic (exact) mass is 164 g/mol. The molecular formula is C8H8N2S. The lowest BCUT2D eigenvalue weighted by molar-refractivity contribution is 1.09. The van der Waals surface area contributed by atoms with Gasteiger partial charge in [-0.1, -0.05) is 0 Å². The van der Waals surface area contributed by atoms with Crippen LogP contribution in [0.15, 0.2) is 23.7 Å². The van der Waals surface area contributed by atoms with Crippen molar-refractivity contribution >= 4 is 11.3 Å². The predicted molar refractivity (Wildman–Crippen MR) is 46.6 cm³/mol. The van der Waals surface area contributed by atoms with Gasteiger partial charge in [0, 0.05) is 16.6 Å². The molecule has 0 aliphatic heterocycles. The lowest BCUT2D eigenvalue weighted by Gasteiger charge is -1.91. The van der Waals surface area contributed by atoms with Crippen molar-refractivity contribution in [3.8, 4) is 11.3 Å². The second kappa shape index (κ2) is 2.51. The summed E-state index contributed by atoms with van der Waals surface area (Å²) in [4.78, 5) is 1.33. The van der Waals surface area contributed by atoms with E-state index in [1.54, 1.807) is 17.5 Å². The Balaban J connectivity index is 2.53. The van der Waals surface area contributed by atoms with Gasteiger partial charge in [-0.05, 0) is 24.4 Å². The zero-order chi connectivity index (χ0) is 7.68. The van der Waals surface area contributed by atoms with Crippen LogP contribution < -0.4 is 0 Å². The molecule has 3 heteroatoms. The van der Waals surface area contributed by atoms with Crippen molar-refractivity contribution in [3.63, 3.8) is 0 Å². The Morgan fingerprint density at radius 1 is 1.45 bits per heavy atom. The van der Waals surface area contributed by atoms with Crippen LogP contribution in [0.5, 0.6) is 0 Å². The van der Waals surface area contributed by atoms with Gasteiger partial charge in [0.15, 0.2) is 0 Å². The summed E-state index contributed by atoms with van der Waals surface area (Å²) in [5, 5.41) is 8.92. The minimum Gasteiger partial charge on any atom is -0.278 e. The molecule has 0 unspecified atom stereocenters. The molecule has 2 heterocycles. The Morgan fingerprint density at radius 2 is 2.36 bits per heavy atom. The van der Waals surface area contributed by atoms with Crippen molar-refractivity contribution in [2.24, 2.45) is 0 Å². The fourth-order valence-electron chi connectivity index (χ4n) is 1.07. The summed E-state index contributed by atoms with van der Waals surface area (Å²) >= 11 is 1.75. The van der Waals surface area contributed by atoms with Gasteiger partial charge in [0.2, 0.25) is 0 Å². The van der Waals surface area contributed by atoms with Gasteiger partial charge in [-0.15, -0.1) is 11.3 Å². The molecule has 0 aliphatic rings. The molecule has 0 spiro atoms. The van der Waals surface area contributed by atoms with E-state index in [0.29, 0.717) is 0 Å².